The molecule has 0 spiro atoms. The molecule has 12 heavy (non-hydrogen) atoms. The lowest BCUT2D eigenvalue weighted by Crippen LogP contribution is -2.30. The normalized spacial score (nSPS) is 12.9. The van der Waals surface area contributed by atoms with Crippen LogP contribution in [0.25, 0.3) is 0 Å². The van der Waals surface area contributed by atoms with Crippen LogP contribution in [-0.4, -0.2) is 26.1 Å². The number of hydrogen-bond acceptors (Lipinski definition) is 3. The molecular weight excluding hydrogens is 191 g/mol. The first-order valence-electron chi connectivity index (χ1n) is 3.50. The average molecular weight is 204 g/mol. The fourth-order valence-corrected chi connectivity index (χ4v) is 1.10. The molecular formula is C6H13BNO2P2. The molecule has 0 fully saturated rings. The molecule has 67 valence electrons. The van der Waals surface area contributed by atoms with Crippen molar-refractivity contribution in [2.24, 2.45) is 0 Å². The summed E-state index contributed by atoms with van der Waals surface area (Å²) in [5.74, 6) is 1.61. The molecule has 0 saturated carbocycles. The summed E-state index contributed by atoms with van der Waals surface area (Å²) >= 11 is 0. The molecule has 0 amide bonds. The minimum absolute atomic E-state index is 0.251. The Bertz CT molecular complexity index is 166. The summed E-state index contributed by atoms with van der Waals surface area (Å²) in [7, 11) is 6.14. The van der Waals surface area contributed by atoms with E-state index in [2.05, 4.69) is 28.3 Å². The fraction of sp³-hybridized carbons (Fsp3) is 0.500. The highest BCUT2D eigenvalue weighted by molar-refractivity contribution is 7.56. The highest BCUT2D eigenvalue weighted by Gasteiger charge is 2.13. The van der Waals surface area contributed by atoms with Crippen LogP contribution < -0.4 is 5.09 Å². The number of rotatable bonds is 5. The molecule has 0 bridgehead atoms. The molecule has 0 aromatic heterocycles. The van der Waals surface area contributed by atoms with Gasteiger partial charge in [0.05, 0.1) is 7.11 Å². The third kappa shape index (κ3) is 4.87. The third-order valence-electron chi connectivity index (χ3n) is 1.31. The zero-order chi connectivity index (χ0) is 9.40. The van der Waals surface area contributed by atoms with E-state index in [4.69, 9.17) is 0 Å². The van der Waals surface area contributed by atoms with E-state index in [1.807, 2.05) is 19.1 Å². The first kappa shape index (κ1) is 12.1. The maximum Gasteiger partial charge on any atom is 0.323 e. The van der Waals surface area contributed by atoms with Crippen LogP contribution in [0.2, 0.25) is 0 Å². The maximum absolute atomic E-state index is 11.0. The van der Waals surface area contributed by atoms with Crippen molar-refractivity contribution in [3.8, 4) is 0 Å². The third-order valence-corrected chi connectivity index (χ3v) is 1.93. The Balaban J connectivity index is 3.82. The molecule has 1 N–H and O–H groups in total. The van der Waals surface area contributed by atoms with Gasteiger partial charge in [0.2, 0.25) is 0 Å². The number of nitrogens with one attached hydrogen (secondary N) is 1. The average Bonchev–Trinajstić information content (AvgIpc) is 2.11. The van der Waals surface area contributed by atoms with Crippen LogP contribution in [0, 0.1) is 0 Å². The van der Waals surface area contributed by atoms with Gasteiger partial charge in [0.15, 0.2) is 7.00 Å². The van der Waals surface area contributed by atoms with Crippen LogP contribution in [-0.2, 0) is 9.53 Å². The molecule has 0 rings (SSSR count). The van der Waals surface area contributed by atoms with Crippen molar-refractivity contribution in [3.63, 3.8) is 0 Å². The number of carbonyl (C=O) groups excluding carboxylic acids is 1. The van der Waals surface area contributed by atoms with Crippen molar-refractivity contribution in [1.29, 1.82) is 0 Å². The number of esters is 1. The fourth-order valence-electron chi connectivity index (χ4n) is 0.668. The molecule has 3 atom stereocenters. The Kier molecular flexibility index (Phi) is 7.79. The molecule has 0 aliphatic rings. The van der Waals surface area contributed by atoms with E-state index in [-0.39, 0.29) is 12.0 Å². The van der Waals surface area contributed by atoms with Gasteiger partial charge in [-0.15, -0.1) is 5.98 Å². The topological polar surface area (TPSA) is 38.3 Å². The monoisotopic (exact) mass is 204 g/mol. The Labute approximate surface area is 78.4 Å². The van der Waals surface area contributed by atoms with E-state index in [1.54, 1.807) is 0 Å². The lowest BCUT2D eigenvalue weighted by molar-refractivity contribution is -0.142. The SMILES string of the molecule is COC(=O)C(CC=C[B]P)NP. The lowest BCUT2D eigenvalue weighted by atomic mass is 10.1. The number of ether oxygens (including phenoxy) is 1. The van der Waals surface area contributed by atoms with E-state index >= 15 is 0 Å². The molecule has 0 aromatic rings. The highest BCUT2D eigenvalue weighted by Crippen LogP contribution is 1.98. The van der Waals surface area contributed by atoms with Crippen molar-refractivity contribution < 1.29 is 9.53 Å². The zero-order valence-corrected chi connectivity index (χ0v) is 9.30. The molecule has 0 heterocycles. The van der Waals surface area contributed by atoms with E-state index in [0.717, 1.165) is 0 Å². The summed E-state index contributed by atoms with van der Waals surface area (Å²) in [6.45, 7) is 1.83. The highest BCUT2D eigenvalue weighted by atomic mass is 31.0. The quantitative estimate of drug-likeness (QED) is 0.397. The van der Waals surface area contributed by atoms with Gasteiger partial charge in [0, 0.05) is 0 Å². The Morgan fingerprint density at radius 2 is 2.50 bits per heavy atom. The van der Waals surface area contributed by atoms with Crippen molar-refractivity contribution >= 4 is 31.5 Å². The zero-order valence-electron chi connectivity index (χ0n) is 6.99. The van der Waals surface area contributed by atoms with E-state index in [9.17, 15) is 4.79 Å². The standard InChI is InChI=1S/C6H13BNO2P2/c1-10-6(9)5(8-12)3-2-4-7-11/h2,4-5,8H,3,11-12H2,1H3. The van der Waals surface area contributed by atoms with E-state index < -0.39 is 0 Å². The molecule has 0 aromatic carbocycles. The van der Waals surface area contributed by atoms with E-state index in [1.165, 1.54) is 7.11 Å². The first-order chi connectivity index (χ1) is 5.76. The van der Waals surface area contributed by atoms with Gasteiger partial charge < -0.3 is 4.74 Å². The van der Waals surface area contributed by atoms with Crippen molar-refractivity contribution in [3.05, 3.63) is 12.1 Å². The largest absolute Gasteiger partial charge is 0.468 e. The van der Waals surface area contributed by atoms with Crippen molar-refractivity contribution in [1.82, 2.24) is 5.09 Å². The van der Waals surface area contributed by atoms with Gasteiger partial charge in [-0.2, -0.15) is 9.12 Å². The molecule has 3 nitrogen and oxygen atoms in total. The molecule has 0 saturated heterocycles. The smallest absolute Gasteiger partial charge is 0.323 e. The summed E-state index contributed by atoms with van der Waals surface area (Å²) in [5.41, 5.74) is 0. The van der Waals surface area contributed by atoms with Gasteiger partial charge in [-0.1, -0.05) is 15.5 Å². The van der Waals surface area contributed by atoms with Crippen molar-refractivity contribution in [2.45, 2.75) is 12.5 Å². The van der Waals surface area contributed by atoms with Crippen LogP contribution >= 0.6 is 18.5 Å². The van der Waals surface area contributed by atoms with Gasteiger partial charge in [-0.25, -0.2) is 0 Å². The van der Waals surface area contributed by atoms with Crippen LogP contribution in [0.4, 0.5) is 0 Å². The van der Waals surface area contributed by atoms with Gasteiger partial charge >= 0.3 is 5.97 Å². The summed E-state index contributed by atoms with van der Waals surface area (Å²) in [6, 6.07) is -0.277. The Morgan fingerprint density at radius 3 is 2.92 bits per heavy atom. The summed E-state index contributed by atoms with van der Waals surface area (Å²) in [6.07, 6.45) is 2.52. The summed E-state index contributed by atoms with van der Waals surface area (Å²) in [5, 5.41) is 2.78. The Morgan fingerprint density at radius 1 is 1.83 bits per heavy atom. The van der Waals surface area contributed by atoms with Crippen LogP contribution in [0.5, 0.6) is 0 Å². The summed E-state index contributed by atoms with van der Waals surface area (Å²) < 4.78 is 4.57. The maximum atomic E-state index is 11.0. The Hall–Kier alpha value is 0.0949. The predicted molar refractivity (Wildman–Crippen MR) is 57.9 cm³/mol. The van der Waals surface area contributed by atoms with Crippen molar-refractivity contribution in [2.75, 3.05) is 7.11 Å². The van der Waals surface area contributed by atoms with Gasteiger partial charge in [0.25, 0.3) is 0 Å². The van der Waals surface area contributed by atoms with Crippen LogP contribution in [0.3, 0.4) is 0 Å². The second-order valence-corrected chi connectivity index (χ2v) is 2.82. The van der Waals surface area contributed by atoms with Gasteiger partial charge in [-0.05, 0) is 6.42 Å². The molecule has 6 heteroatoms. The molecule has 0 aliphatic carbocycles. The number of hydrogen-bond donors (Lipinski definition) is 1. The molecule has 3 unspecified atom stereocenters. The summed E-state index contributed by atoms with van der Waals surface area (Å²) in [4.78, 5) is 11.0. The number of methoxy groups -OCH3 is 1. The number of carbonyl (C=O) groups is 1. The molecule has 1 radical (unpaired) electrons. The first-order valence-corrected chi connectivity index (χ1v) is 4.74. The van der Waals surface area contributed by atoms with Gasteiger partial charge in [0.1, 0.15) is 6.04 Å². The molecule has 0 aliphatic heterocycles. The minimum atomic E-state index is -0.277. The van der Waals surface area contributed by atoms with Crippen LogP contribution in [0.1, 0.15) is 6.42 Å². The minimum Gasteiger partial charge on any atom is -0.468 e. The predicted octanol–water partition coefficient (Wildman–Crippen LogP) is 0.306. The van der Waals surface area contributed by atoms with Crippen LogP contribution in [0.15, 0.2) is 12.1 Å². The second kappa shape index (κ2) is 7.73. The second-order valence-electron chi connectivity index (χ2n) is 2.10. The van der Waals surface area contributed by atoms with Gasteiger partial charge in [-0.3, -0.25) is 9.88 Å². The van der Waals surface area contributed by atoms with E-state index in [0.29, 0.717) is 6.42 Å². The lowest BCUT2D eigenvalue weighted by Gasteiger charge is -2.10.